The molecule has 1 nitrogen and oxygen atoms in total. The summed E-state index contributed by atoms with van der Waals surface area (Å²) < 4.78 is 0. The predicted octanol–water partition coefficient (Wildman–Crippen LogP) is 5.13. The number of hydrogen-bond acceptors (Lipinski definition) is 1. The van der Waals surface area contributed by atoms with E-state index in [1.807, 2.05) is 0 Å². The maximum Gasteiger partial charge on any atom is 0.0490 e. The first-order valence-electron chi connectivity index (χ1n) is 7.36. The van der Waals surface area contributed by atoms with E-state index in [-0.39, 0.29) is 0 Å². The standard InChI is InChI=1S/C19H21N/c1-15-11-13-18(14-12-15)20(17-8-4-5-9-17)19-10-6-3-7-16(19)2/h3-4,6-11,13-15H,5,12H2,1-2H3. The van der Waals surface area contributed by atoms with E-state index in [4.69, 9.17) is 0 Å². The Hall–Kier alpha value is -2.02. The lowest BCUT2D eigenvalue weighted by molar-refractivity contribution is 0.727. The Balaban J connectivity index is 2.04. The summed E-state index contributed by atoms with van der Waals surface area (Å²) in [5.74, 6) is 0.644. The molecule has 0 spiro atoms. The van der Waals surface area contributed by atoms with Crippen LogP contribution in [0.3, 0.4) is 0 Å². The van der Waals surface area contributed by atoms with E-state index in [9.17, 15) is 0 Å². The van der Waals surface area contributed by atoms with Gasteiger partial charge in [-0.2, -0.15) is 0 Å². The van der Waals surface area contributed by atoms with Crippen molar-refractivity contribution < 1.29 is 0 Å². The molecule has 0 saturated carbocycles. The lowest BCUT2D eigenvalue weighted by Crippen LogP contribution is -2.21. The molecule has 0 fully saturated rings. The van der Waals surface area contributed by atoms with Crippen molar-refractivity contribution in [2.45, 2.75) is 26.7 Å². The Labute approximate surface area is 121 Å². The van der Waals surface area contributed by atoms with Gasteiger partial charge in [0.15, 0.2) is 0 Å². The van der Waals surface area contributed by atoms with Crippen LogP contribution in [0.1, 0.15) is 25.3 Å². The van der Waals surface area contributed by atoms with E-state index in [2.05, 4.69) is 79.5 Å². The Morgan fingerprint density at radius 3 is 2.50 bits per heavy atom. The average Bonchev–Trinajstić information content (AvgIpc) is 2.97. The van der Waals surface area contributed by atoms with Crippen molar-refractivity contribution >= 4 is 5.69 Å². The van der Waals surface area contributed by atoms with E-state index in [0.717, 1.165) is 12.8 Å². The van der Waals surface area contributed by atoms with Gasteiger partial charge in [0.25, 0.3) is 0 Å². The van der Waals surface area contributed by atoms with Gasteiger partial charge >= 0.3 is 0 Å². The molecule has 0 radical (unpaired) electrons. The molecule has 0 N–H and O–H groups in total. The summed E-state index contributed by atoms with van der Waals surface area (Å²) >= 11 is 0. The normalized spacial score (nSPS) is 20.8. The zero-order chi connectivity index (χ0) is 13.9. The predicted molar refractivity (Wildman–Crippen MR) is 86.5 cm³/mol. The minimum atomic E-state index is 0.644. The first-order chi connectivity index (χ1) is 9.75. The molecule has 1 aromatic carbocycles. The van der Waals surface area contributed by atoms with Crippen LogP contribution in [0.4, 0.5) is 5.69 Å². The molecule has 0 bridgehead atoms. The monoisotopic (exact) mass is 263 g/mol. The molecule has 1 heteroatoms. The molecule has 0 aromatic heterocycles. The molecular weight excluding hydrogens is 242 g/mol. The lowest BCUT2D eigenvalue weighted by atomic mass is 10.00. The number of benzene rings is 1. The molecule has 20 heavy (non-hydrogen) atoms. The Morgan fingerprint density at radius 1 is 1.05 bits per heavy atom. The lowest BCUT2D eigenvalue weighted by Gasteiger charge is -2.29. The van der Waals surface area contributed by atoms with Crippen LogP contribution < -0.4 is 4.90 Å². The van der Waals surface area contributed by atoms with Gasteiger partial charge in [-0.3, -0.25) is 0 Å². The molecule has 0 amide bonds. The molecule has 2 aliphatic carbocycles. The maximum absolute atomic E-state index is 2.38. The number of para-hydroxylation sites is 1. The molecule has 3 rings (SSSR count). The molecular formula is C19H21N. The largest absolute Gasteiger partial charge is 0.311 e. The van der Waals surface area contributed by atoms with Crippen molar-refractivity contribution in [2.75, 3.05) is 4.90 Å². The minimum absolute atomic E-state index is 0.644. The summed E-state index contributed by atoms with van der Waals surface area (Å²) in [7, 11) is 0. The second-order valence-electron chi connectivity index (χ2n) is 5.59. The van der Waals surface area contributed by atoms with Crippen LogP contribution in [0.5, 0.6) is 0 Å². The highest BCUT2D eigenvalue weighted by Gasteiger charge is 2.18. The number of aryl methyl sites for hydroxylation is 1. The number of nitrogens with zero attached hydrogens (tertiary/aromatic N) is 1. The van der Waals surface area contributed by atoms with Crippen molar-refractivity contribution in [3.63, 3.8) is 0 Å². The van der Waals surface area contributed by atoms with Crippen LogP contribution in [0, 0.1) is 12.8 Å². The molecule has 1 aromatic rings. The van der Waals surface area contributed by atoms with Crippen molar-refractivity contribution in [2.24, 2.45) is 5.92 Å². The molecule has 0 saturated heterocycles. The van der Waals surface area contributed by atoms with Crippen LogP contribution >= 0.6 is 0 Å². The van der Waals surface area contributed by atoms with E-state index < -0.39 is 0 Å². The highest BCUT2D eigenvalue weighted by Crippen LogP contribution is 2.32. The average molecular weight is 263 g/mol. The molecule has 102 valence electrons. The van der Waals surface area contributed by atoms with Crippen LogP contribution in [-0.2, 0) is 0 Å². The Morgan fingerprint density at radius 2 is 1.85 bits per heavy atom. The summed E-state index contributed by atoms with van der Waals surface area (Å²) in [4.78, 5) is 2.38. The third-order valence-corrected chi connectivity index (χ3v) is 3.92. The third-order valence-electron chi connectivity index (χ3n) is 3.92. The summed E-state index contributed by atoms with van der Waals surface area (Å²) in [5.41, 5.74) is 5.15. The maximum atomic E-state index is 2.38. The Bertz CT molecular complexity index is 616. The van der Waals surface area contributed by atoms with Gasteiger partial charge in [-0.15, -0.1) is 0 Å². The van der Waals surface area contributed by atoms with Crippen LogP contribution in [0.25, 0.3) is 0 Å². The van der Waals surface area contributed by atoms with Crippen LogP contribution in [0.2, 0.25) is 0 Å². The molecule has 1 atom stereocenters. The van der Waals surface area contributed by atoms with Gasteiger partial charge in [-0.05, 0) is 49.5 Å². The second kappa shape index (κ2) is 5.54. The van der Waals surface area contributed by atoms with Gasteiger partial charge < -0.3 is 4.90 Å². The topological polar surface area (TPSA) is 3.24 Å². The number of anilines is 1. The van der Waals surface area contributed by atoms with Gasteiger partial charge in [0, 0.05) is 17.1 Å². The molecule has 1 unspecified atom stereocenters. The SMILES string of the molecule is Cc1ccccc1N(C1=CCC=C1)C1=CCC(C)C=C1. The fraction of sp³-hybridized carbons (Fsp3) is 0.263. The molecule has 0 heterocycles. The van der Waals surface area contributed by atoms with Gasteiger partial charge in [-0.1, -0.05) is 49.4 Å². The first-order valence-corrected chi connectivity index (χ1v) is 7.36. The smallest absolute Gasteiger partial charge is 0.0490 e. The highest BCUT2D eigenvalue weighted by molar-refractivity contribution is 5.67. The van der Waals surface area contributed by atoms with Crippen molar-refractivity contribution in [1.82, 2.24) is 0 Å². The molecule has 2 aliphatic rings. The van der Waals surface area contributed by atoms with E-state index in [1.54, 1.807) is 0 Å². The van der Waals surface area contributed by atoms with Gasteiger partial charge in [0.2, 0.25) is 0 Å². The van der Waals surface area contributed by atoms with Crippen LogP contribution in [-0.4, -0.2) is 0 Å². The molecule has 0 aliphatic heterocycles. The van der Waals surface area contributed by atoms with E-state index >= 15 is 0 Å². The third kappa shape index (κ3) is 2.49. The van der Waals surface area contributed by atoms with Crippen molar-refractivity contribution in [1.29, 1.82) is 0 Å². The van der Waals surface area contributed by atoms with Crippen molar-refractivity contribution in [3.8, 4) is 0 Å². The summed E-state index contributed by atoms with van der Waals surface area (Å²) in [6.45, 7) is 4.44. The number of allylic oxidation sites excluding steroid dienone is 6. The fourth-order valence-electron chi connectivity index (χ4n) is 2.73. The number of hydrogen-bond donors (Lipinski definition) is 0. The summed E-state index contributed by atoms with van der Waals surface area (Å²) in [5, 5.41) is 0. The number of rotatable bonds is 3. The van der Waals surface area contributed by atoms with Gasteiger partial charge in [0.1, 0.15) is 0 Å². The second-order valence-corrected chi connectivity index (χ2v) is 5.59. The quantitative estimate of drug-likeness (QED) is 0.731. The van der Waals surface area contributed by atoms with Crippen molar-refractivity contribution in [3.05, 3.63) is 77.7 Å². The van der Waals surface area contributed by atoms with Gasteiger partial charge in [-0.25, -0.2) is 0 Å². The Kier molecular flexibility index (Phi) is 3.60. The zero-order valence-electron chi connectivity index (χ0n) is 12.2. The van der Waals surface area contributed by atoms with Crippen LogP contribution in [0.15, 0.2) is 72.1 Å². The minimum Gasteiger partial charge on any atom is -0.311 e. The fourth-order valence-corrected chi connectivity index (χ4v) is 2.73. The van der Waals surface area contributed by atoms with E-state index in [0.29, 0.717) is 5.92 Å². The summed E-state index contributed by atoms with van der Waals surface area (Å²) in [6, 6.07) is 8.60. The zero-order valence-corrected chi connectivity index (χ0v) is 12.2. The van der Waals surface area contributed by atoms with Gasteiger partial charge in [0.05, 0.1) is 0 Å². The summed E-state index contributed by atoms with van der Waals surface area (Å²) in [6.07, 6.45) is 15.8. The highest BCUT2D eigenvalue weighted by atomic mass is 15.2. The first kappa shape index (κ1) is 13.0. The van der Waals surface area contributed by atoms with E-state index in [1.165, 1.54) is 22.6 Å².